The molecular formula is C15H22O3. The van der Waals surface area contributed by atoms with Crippen molar-refractivity contribution in [2.45, 2.75) is 32.8 Å². The lowest BCUT2D eigenvalue weighted by atomic mass is 10.1. The van der Waals surface area contributed by atoms with Gasteiger partial charge in [0.05, 0.1) is 19.3 Å². The number of hydrogen-bond donors (Lipinski definition) is 1. The summed E-state index contributed by atoms with van der Waals surface area (Å²) in [5, 5.41) is 9.62. The molecule has 1 aromatic carbocycles. The minimum absolute atomic E-state index is 0.461. The second-order valence-corrected chi connectivity index (χ2v) is 4.82. The maximum atomic E-state index is 9.62. The predicted molar refractivity (Wildman–Crippen MR) is 74.1 cm³/mol. The molecule has 0 saturated carbocycles. The second-order valence-electron chi connectivity index (χ2n) is 4.82. The van der Waals surface area contributed by atoms with Crippen LogP contribution in [0, 0.1) is 0 Å². The summed E-state index contributed by atoms with van der Waals surface area (Å²) in [6.07, 6.45) is 4.56. The first-order valence-corrected chi connectivity index (χ1v) is 6.12. The third-order valence-electron chi connectivity index (χ3n) is 2.52. The number of hydrogen-bond acceptors (Lipinski definition) is 3. The van der Waals surface area contributed by atoms with Crippen LogP contribution in [-0.2, 0) is 0 Å². The minimum Gasteiger partial charge on any atom is -0.493 e. The Morgan fingerprint density at radius 3 is 2.56 bits per heavy atom. The Kier molecular flexibility index (Phi) is 5.23. The van der Waals surface area contributed by atoms with Crippen molar-refractivity contribution in [3.8, 4) is 11.5 Å². The van der Waals surface area contributed by atoms with Crippen molar-refractivity contribution < 1.29 is 14.6 Å². The monoisotopic (exact) mass is 250 g/mol. The molecule has 1 N–H and O–H groups in total. The zero-order valence-electron chi connectivity index (χ0n) is 11.6. The molecule has 0 amide bonds. The molecule has 0 aliphatic rings. The quantitative estimate of drug-likeness (QED) is 0.842. The predicted octanol–water partition coefficient (Wildman–Crippen LogP) is 3.27. The van der Waals surface area contributed by atoms with E-state index in [-0.39, 0.29) is 0 Å². The van der Waals surface area contributed by atoms with E-state index >= 15 is 0 Å². The van der Waals surface area contributed by atoms with Crippen molar-refractivity contribution in [3.63, 3.8) is 0 Å². The third-order valence-corrected chi connectivity index (χ3v) is 2.52. The van der Waals surface area contributed by atoms with Crippen LogP contribution in [0.2, 0.25) is 0 Å². The number of benzene rings is 1. The lowest BCUT2D eigenvalue weighted by molar-refractivity contribution is 0.0549. The van der Waals surface area contributed by atoms with Crippen molar-refractivity contribution in [1.29, 1.82) is 0 Å². The van der Waals surface area contributed by atoms with Gasteiger partial charge in [-0.15, -0.1) is 0 Å². The van der Waals surface area contributed by atoms with Crippen LogP contribution >= 0.6 is 0 Å². The summed E-state index contributed by atoms with van der Waals surface area (Å²) in [4.78, 5) is 0. The Balaban J connectivity index is 2.71. The van der Waals surface area contributed by atoms with E-state index in [0.29, 0.717) is 24.5 Å². The van der Waals surface area contributed by atoms with Crippen LogP contribution in [0.25, 0.3) is 6.08 Å². The highest BCUT2D eigenvalue weighted by molar-refractivity contribution is 5.55. The van der Waals surface area contributed by atoms with Gasteiger partial charge >= 0.3 is 0 Å². The molecular weight excluding hydrogens is 228 g/mol. The topological polar surface area (TPSA) is 38.7 Å². The van der Waals surface area contributed by atoms with E-state index in [1.807, 2.05) is 37.3 Å². The standard InChI is InChI=1S/C15H22O3/c1-5-6-12-7-8-13(14(11-12)17-4)18-10-9-15(2,3)16/h5-8,11,16H,9-10H2,1-4H3/b6-5+. The zero-order chi connectivity index (χ0) is 13.6. The van der Waals surface area contributed by atoms with Crippen LogP contribution in [0.1, 0.15) is 32.8 Å². The molecule has 0 unspecified atom stereocenters. The fourth-order valence-corrected chi connectivity index (χ4v) is 1.51. The first kappa shape index (κ1) is 14.6. The summed E-state index contributed by atoms with van der Waals surface area (Å²) >= 11 is 0. The van der Waals surface area contributed by atoms with Gasteiger partial charge in [-0.2, -0.15) is 0 Å². The molecule has 0 spiro atoms. The first-order chi connectivity index (χ1) is 8.46. The molecule has 100 valence electrons. The summed E-state index contributed by atoms with van der Waals surface area (Å²) in [5.74, 6) is 1.41. The maximum Gasteiger partial charge on any atom is 0.161 e. The van der Waals surface area contributed by atoms with Gasteiger partial charge in [0.2, 0.25) is 0 Å². The molecule has 3 heteroatoms. The molecule has 0 radical (unpaired) electrons. The summed E-state index contributed by atoms with van der Waals surface area (Å²) in [7, 11) is 1.62. The van der Waals surface area contributed by atoms with E-state index in [1.54, 1.807) is 21.0 Å². The highest BCUT2D eigenvalue weighted by Gasteiger charge is 2.13. The van der Waals surface area contributed by atoms with E-state index in [9.17, 15) is 5.11 Å². The highest BCUT2D eigenvalue weighted by atomic mass is 16.5. The number of aliphatic hydroxyl groups is 1. The molecule has 0 fully saturated rings. The molecule has 0 atom stereocenters. The van der Waals surface area contributed by atoms with Gasteiger partial charge in [-0.1, -0.05) is 18.2 Å². The smallest absolute Gasteiger partial charge is 0.161 e. The van der Waals surface area contributed by atoms with E-state index in [0.717, 1.165) is 5.56 Å². The molecule has 1 aromatic rings. The van der Waals surface area contributed by atoms with Crippen molar-refractivity contribution >= 4 is 6.08 Å². The lowest BCUT2D eigenvalue weighted by Gasteiger charge is -2.18. The fraction of sp³-hybridized carbons (Fsp3) is 0.467. The summed E-state index contributed by atoms with van der Waals surface area (Å²) in [6.45, 7) is 5.97. The van der Waals surface area contributed by atoms with Crippen LogP contribution < -0.4 is 9.47 Å². The first-order valence-electron chi connectivity index (χ1n) is 6.12. The van der Waals surface area contributed by atoms with Crippen molar-refractivity contribution in [2.24, 2.45) is 0 Å². The SMILES string of the molecule is C/C=C/c1ccc(OCCC(C)(C)O)c(OC)c1. The zero-order valence-corrected chi connectivity index (χ0v) is 11.6. The second kappa shape index (κ2) is 6.45. The lowest BCUT2D eigenvalue weighted by Crippen LogP contribution is -2.21. The molecule has 0 aliphatic heterocycles. The minimum atomic E-state index is -0.710. The maximum absolute atomic E-state index is 9.62. The van der Waals surface area contributed by atoms with E-state index in [4.69, 9.17) is 9.47 Å². The highest BCUT2D eigenvalue weighted by Crippen LogP contribution is 2.29. The van der Waals surface area contributed by atoms with Crippen LogP contribution in [-0.4, -0.2) is 24.4 Å². The van der Waals surface area contributed by atoms with Gasteiger partial charge in [0, 0.05) is 6.42 Å². The summed E-state index contributed by atoms with van der Waals surface area (Å²) in [6, 6.07) is 5.79. The fourth-order valence-electron chi connectivity index (χ4n) is 1.51. The molecule has 0 bridgehead atoms. The molecule has 0 saturated heterocycles. The van der Waals surface area contributed by atoms with Crippen LogP contribution in [0.4, 0.5) is 0 Å². The molecule has 0 aromatic heterocycles. The van der Waals surface area contributed by atoms with Gasteiger partial charge in [0.25, 0.3) is 0 Å². The third kappa shape index (κ3) is 4.80. The van der Waals surface area contributed by atoms with Crippen LogP contribution in [0.5, 0.6) is 11.5 Å². The Labute approximate surface area is 109 Å². The van der Waals surface area contributed by atoms with E-state index in [1.165, 1.54) is 0 Å². The molecule has 0 aliphatic carbocycles. The van der Waals surface area contributed by atoms with E-state index in [2.05, 4.69) is 0 Å². The summed E-state index contributed by atoms with van der Waals surface area (Å²) < 4.78 is 10.9. The van der Waals surface area contributed by atoms with Crippen LogP contribution in [0.15, 0.2) is 24.3 Å². The van der Waals surface area contributed by atoms with Gasteiger partial charge in [-0.25, -0.2) is 0 Å². The average molecular weight is 250 g/mol. The molecule has 3 nitrogen and oxygen atoms in total. The number of methoxy groups -OCH3 is 1. The van der Waals surface area contributed by atoms with Gasteiger partial charge in [0.1, 0.15) is 0 Å². The Hall–Kier alpha value is -1.48. The number of rotatable bonds is 6. The van der Waals surface area contributed by atoms with Crippen LogP contribution in [0.3, 0.4) is 0 Å². The Morgan fingerprint density at radius 2 is 2.00 bits per heavy atom. The summed E-state index contributed by atoms with van der Waals surface area (Å²) in [5.41, 5.74) is 0.363. The number of allylic oxidation sites excluding steroid dienone is 1. The van der Waals surface area contributed by atoms with Crippen molar-refractivity contribution in [1.82, 2.24) is 0 Å². The largest absolute Gasteiger partial charge is 0.493 e. The van der Waals surface area contributed by atoms with Crippen molar-refractivity contribution in [2.75, 3.05) is 13.7 Å². The van der Waals surface area contributed by atoms with E-state index < -0.39 is 5.60 Å². The normalized spacial score (nSPS) is 11.8. The number of ether oxygens (including phenoxy) is 2. The van der Waals surface area contributed by atoms with Gasteiger partial charge in [-0.3, -0.25) is 0 Å². The molecule has 18 heavy (non-hydrogen) atoms. The van der Waals surface area contributed by atoms with Gasteiger partial charge < -0.3 is 14.6 Å². The Morgan fingerprint density at radius 1 is 1.28 bits per heavy atom. The Bertz CT molecular complexity index is 403. The van der Waals surface area contributed by atoms with Crippen molar-refractivity contribution in [3.05, 3.63) is 29.8 Å². The average Bonchev–Trinajstić information content (AvgIpc) is 2.29. The van der Waals surface area contributed by atoms with Gasteiger partial charge in [0.15, 0.2) is 11.5 Å². The molecule has 0 heterocycles. The molecule has 1 rings (SSSR count). The van der Waals surface area contributed by atoms with Gasteiger partial charge in [-0.05, 0) is 38.5 Å².